The monoisotopic (exact) mass is 300 g/mol. The maximum Gasteiger partial charge on any atom is 0.396 e. The van der Waals surface area contributed by atoms with Gasteiger partial charge >= 0.3 is 6.18 Å². The molecule has 1 aromatic heterocycles. The minimum Gasteiger partial charge on any atom is -0.351 e. The van der Waals surface area contributed by atoms with Crippen LogP contribution in [0.1, 0.15) is 22.5 Å². The molecule has 8 heteroatoms. The summed E-state index contributed by atoms with van der Waals surface area (Å²) in [6.07, 6.45) is -1.48. The van der Waals surface area contributed by atoms with Gasteiger partial charge in [0.25, 0.3) is 5.91 Å². The van der Waals surface area contributed by atoms with Gasteiger partial charge in [-0.15, -0.1) is 0 Å². The number of hydrogen-bond acceptors (Lipinski definition) is 4. The highest BCUT2D eigenvalue weighted by Gasteiger charge is 2.81. The van der Waals surface area contributed by atoms with E-state index < -0.39 is 22.9 Å². The van der Waals surface area contributed by atoms with Crippen LogP contribution in [0.5, 0.6) is 0 Å². The van der Waals surface area contributed by atoms with Crippen molar-refractivity contribution in [2.75, 3.05) is 19.6 Å². The van der Waals surface area contributed by atoms with Crippen LogP contribution in [-0.2, 0) is 0 Å². The highest BCUT2D eigenvalue weighted by atomic mass is 19.4. The first kappa shape index (κ1) is 14.2. The number of aromatic nitrogens is 2. The highest BCUT2D eigenvalue weighted by molar-refractivity contribution is 5.94. The van der Waals surface area contributed by atoms with Crippen molar-refractivity contribution in [2.24, 2.45) is 10.8 Å². The Balaban J connectivity index is 1.70. The van der Waals surface area contributed by atoms with Gasteiger partial charge in [-0.1, -0.05) is 0 Å². The van der Waals surface area contributed by atoms with Crippen molar-refractivity contribution in [3.8, 4) is 0 Å². The van der Waals surface area contributed by atoms with Crippen LogP contribution in [0.2, 0.25) is 0 Å². The summed E-state index contributed by atoms with van der Waals surface area (Å²) in [5.41, 5.74) is -1.81. The SMILES string of the molecule is Cc1ncncc1C(=O)NC[C@@]12CNC[C@]1(C(F)(F)F)C2. The van der Waals surface area contributed by atoms with E-state index >= 15 is 0 Å². The molecule has 5 nitrogen and oxygen atoms in total. The normalized spacial score (nSPS) is 30.9. The highest BCUT2D eigenvalue weighted by Crippen LogP contribution is 2.72. The first-order chi connectivity index (χ1) is 9.81. The second-order valence-electron chi connectivity index (χ2n) is 5.85. The lowest BCUT2D eigenvalue weighted by atomic mass is 9.95. The number of carbonyl (C=O) groups excluding carboxylic acids is 1. The smallest absolute Gasteiger partial charge is 0.351 e. The molecule has 1 aliphatic heterocycles. The van der Waals surface area contributed by atoms with Crippen molar-refractivity contribution in [3.63, 3.8) is 0 Å². The van der Waals surface area contributed by atoms with Gasteiger partial charge in [0.2, 0.25) is 0 Å². The molecule has 3 rings (SSSR count). The van der Waals surface area contributed by atoms with Crippen molar-refractivity contribution >= 4 is 5.91 Å². The molecule has 1 aromatic rings. The zero-order valence-electron chi connectivity index (χ0n) is 11.4. The van der Waals surface area contributed by atoms with E-state index in [1.165, 1.54) is 12.5 Å². The van der Waals surface area contributed by atoms with Crippen LogP contribution in [0.25, 0.3) is 0 Å². The Morgan fingerprint density at radius 2 is 2.24 bits per heavy atom. The van der Waals surface area contributed by atoms with E-state index in [4.69, 9.17) is 0 Å². The van der Waals surface area contributed by atoms with E-state index in [-0.39, 0.29) is 31.6 Å². The van der Waals surface area contributed by atoms with Crippen LogP contribution < -0.4 is 10.6 Å². The van der Waals surface area contributed by atoms with Crippen molar-refractivity contribution in [3.05, 3.63) is 23.8 Å². The Labute approximate surface area is 119 Å². The molecule has 2 aliphatic rings. The summed E-state index contributed by atoms with van der Waals surface area (Å²) in [5, 5.41) is 5.39. The Kier molecular flexibility index (Phi) is 2.98. The molecule has 21 heavy (non-hydrogen) atoms. The number of rotatable bonds is 3. The third-order valence-corrected chi connectivity index (χ3v) is 4.71. The molecule has 114 valence electrons. The quantitative estimate of drug-likeness (QED) is 0.876. The molecule has 1 saturated carbocycles. The van der Waals surface area contributed by atoms with Crippen LogP contribution in [0.4, 0.5) is 13.2 Å². The Morgan fingerprint density at radius 3 is 2.86 bits per heavy atom. The number of carbonyl (C=O) groups is 1. The molecule has 1 saturated heterocycles. The van der Waals surface area contributed by atoms with Gasteiger partial charge in [0, 0.05) is 31.2 Å². The van der Waals surface area contributed by atoms with E-state index in [1.54, 1.807) is 6.92 Å². The van der Waals surface area contributed by atoms with Crippen molar-refractivity contribution in [2.45, 2.75) is 19.5 Å². The number of fused-ring (bicyclic) bond motifs is 1. The van der Waals surface area contributed by atoms with E-state index in [2.05, 4.69) is 20.6 Å². The van der Waals surface area contributed by atoms with Gasteiger partial charge in [-0.05, 0) is 13.3 Å². The van der Waals surface area contributed by atoms with Gasteiger partial charge < -0.3 is 10.6 Å². The molecule has 0 aromatic carbocycles. The predicted molar refractivity (Wildman–Crippen MR) is 67.5 cm³/mol. The second kappa shape index (κ2) is 4.40. The number of amides is 1. The summed E-state index contributed by atoms with van der Waals surface area (Å²) in [7, 11) is 0. The molecule has 2 heterocycles. The second-order valence-corrected chi connectivity index (χ2v) is 5.85. The number of piperidine rings is 1. The summed E-state index contributed by atoms with van der Waals surface area (Å²) < 4.78 is 39.5. The minimum atomic E-state index is -4.24. The fourth-order valence-electron chi connectivity index (χ4n) is 3.28. The third-order valence-electron chi connectivity index (χ3n) is 4.71. The first-order valence-corrected chi connectivity index (χ1v) is 6.64. The summed E-state index contributed by atoms with van der Waals surface area (Å²) in [6.45, 7) is 1.87. The van der Waals surface area contributed by atoms with E-state index in [0.717, 1.165) is 0 Å². The molecule has 1 aliphatic carbocycles. The number of hydrogen-bond donors (Lipinski definition) is 2. The lowest BCUT2D eigenvalue weighted by Gasteiger charge is -2.20. The minimum absolute atomic E-state index is 0.00662. The van der Waals surface area contributed by atoms with E-state index in [0.29, 0.717) is 5.69 Å². The maximum atomic E-state index is 13.2. The lowest BCUT2D eigenvalue weighted by Crippen LogP contribution is -2.37. The molecule has 0 unspecified atom stereocenters. The van der Waals surface area contributed by atoms with Crippen LogP contribution in [0, 0.1) is 17.8 Å². The maximum absolute atomic E-state index is 13.2. The first-order valence-electron chi connectivity index (χ1n) is 6.64. The Hall–Kier alpha value is -1.70. The number of halogens is 3. The average molecular weight is 300 g/mol. The molecule has 2 atom stereocenters. The summed E-state index contributed by atoms with van der Waals surface area (Å²) in [5.74, 6) is -0.433. The molecule has 1 amide bonds. The summed E-state index contributed by atoms with van der Waals surface area (Å²) >= 11 is 0. The fourth-order valence-corrected chi connectivity index (χ4v) is 3.28. The van der Waals surface area contributed by atoms with Crippen molar-refractivity contribution < 1.29 is 18.0 Å². The molecule has 0 radical (unpaired) electrons. The van der Waals surface area contributed by atoms with Crippen molar-refractivity contribution in [1.82, 2.24) is 20.6 Å². The molecular formula is C13H15F3N4O. The Morgan fingerprint density at radius 1 is 1.48 bits per heavy atom. The van der Waals surface area contributed by atoms with Gasteiger partial charge in [-0.2, -0.15) is 13.2 Å². The largest absolute Gasteiger partial charge is 0.396 e. The standard InChI is InChI=1S/C13H15F3N4O/c1-8-9(2-17-7-20-8)10(21)19-5-11-3-12(11,6-18-4-11)13(14,15)16/h2,7,18H,3-6H2,1H3,(H,19,21)/t11-,12-/m1/s1. The van der Waals surface area contributed by atoms with Crippen LogP contribution >= 0.6 is 0 Å². The molecule has 0 spiro atoms. The van der Waals surface area contributed by atoms with E-state index in [1.807, 2.05) is 0 Å². The van der Waals surface area contributed by atoms with Gasteiger partial charge in [0.15, 0.2) is 0 Å². The zero-order valence-corrected chi connectivity index (χ0v) is 11.4. The molecule has 0 bridgehead atoms. The fraction of sp³-hybridized carbons (Fsp3) is 0.615. The van der Waals surface area contributed by atoms with Gasteiger partial charge in [-0.25, -0.2) is 9.97 Å². The average Bonchev–Trinajstić information content (AvgIpc) is 2.94. The summed E-state index contributed by atoms with van der Waals surface area (Å²) in [4.78, 5) is 19.7. The van der Waals surface area contributed by atoms with Crippen LogP contribution in [0.15, 0.2) is 12.5 Å². The van der Waals surface area contributed by atoms with Crippen LogP contribution in [0.3, 0.4) is 0 Å². The zero-order chi connectivity index (χ0) is 15.3. The molecule has 2 fully saturated rings. The van der Waals surface area contributed by atoms with Crippen molar-refractivity contribution in [1.29, 1.82) is 0 Å². The number of nitrogens with zero attached hydrogens (tertiary/aromatic N) is 2. The van der Waals surface area contributed by atoms with Gasteiger partial charge in [0.1, 0.15) is 6.33 Å². The van der Waals surface area contributed by atoms with E-state index in [9.17, 15) is 18.0 Å². The molecule has 2 N–H and O–H groups in total. The van der Waals surface area contributed by atoms with Gasteiger partial charge in [0.05, 0.1) is 16.7 Å². The predicted octanol–water partition coefficient (Wildman–Crippen LogP) is 1.06. The van der Waals surface area contributed by atoms with Gasteiger partial charge in [-0.3, -0.25) is 4.79 Å². The number of alkyl halides is 3. The summed E-state index contributed by atoms with van der Waals surface area (Å²) in [6, 6.07) is 0. The third kappa shape index (κ3) is 2.00. The number of aryl methyl sites for hydroxylation is 1. The molecular weight excluding hydrogens is 285 g/mol. The number of nitrogens with one attached hydrogen (secondary N) is 2. The Bertz CT molecular complexity index is 591. The topological polar surface area (TPSA) is 66.9 Å². The lowest BCUT2D eigenvalue weighted by molar-refractivity contribution is -0.190. The van der Waals surface area contributed by atoms with Crippen LogP contribution in [-0.4, -0.2) is 41.7 Å².